The minimum atomic E-state index is -1.74. The molecule has 0 aliphatic carbocycles. The van der Waals surface area contributed by atoms with Crippen LogP contribution in [0.25, 0.3) is 0 Å². The molecule has 2 aliphatic rings. The number of hydrogen-bond acceptors (Lipinski definition) is 6. The lowest BCUT2D eigenvalue weighted by molar-refractivity contribution is -0.157. The monoisotopic (exact) mass is 477 g/mol. The molecule has 10 heteroatoms. The van der Waals surface area contributed by atoms with Crippen LogP contribution in [0.15, 0.2) is 35.9 Å². The second kappa shape index (κ2) is 8.02. The van der Waals surface area contributed by atoms with Gasteiger partial charge in [-0.2, -0.15) is 0 Å². The van der Waals surface area contributed by atoms with Crippen molar-refractivity contribution in [1.82, 2.24) is 4.90 Å². The molecule has 0 radical (unpaired) electrons. The predicted octanol–water partition coefficient (Wildman–Crippen LogP) is 3.78. The number of amides is 1. The number of fused-ring (bicyclic) bond motifs is 1. The summed E-state index contributed by atoms with van der Waals surface area (Å²) in [6.45, 7) is 3.24. The molecule has 0 saturated carbocycles. The van der Waals surface area contributed by atoms with Gasteiger partial charge in [0.05, 0.1) is 12.7 Å². The number of alkyl halides is 3. The van der Waals surface area contributed by atoms with Gasteiger partial charge in [-0.05, 0) is 44.2 Å². The van der Waals surface area contributed by atoms with E-state index in [2.05, 4.69) is 0 Å². The molecule has 0 aromatic heterocycles. The second-order valence-corrected chi connectivity index (χ2v) is 11.4. The van der Waals surface area contributed by atoms with Gasteiger partial charge in [0, 0.05) is 10.3 Å². The van der Waals surface area contributed by atoms with Crippen molar-refractivity contribution in [2.75, 3.05) is 13.7 Å². The van der Waals surface area contributed by atoms with Gasteiger partial charge in [0.25, 0.3) is 5.91 Å². The zero-order valence-electron chi connectivity index (χ0n) is 15.8. The first-order valence-electron chi connectivity index (χ1n) is 8.58. The standard InChI is InChI=1S/C19H18Cl3NO5S/c1-18(2)14(17(26)28-9-19(20,21)22)23-15(25)12(16(23)29-18)8-13(24)10-4-6-11(27-3)7-5-10/h4-8,14,16H,9H2,1-3H3/b12-8-/t14-,16+/m0/s1. The molecule has 0 N–H and O–H groups in total. The fraction of sp³-hybridized carbons (Fsp3) is 0.421. The lowest BCUT2D eigenvalue weighted by atomic mass is 9.94. The summed E-state index contributed by atoms with van der Waals surface area (Å²) < 4.78 is 7.80. The van der Waals surface area contributed by atoms with E-state index >= 15 is 0 Å². The predicted molar refractivity (Wildman–Crippen MR) is 113 cm³/mol. The summed E-state index contributed by atoms with van der Waals surface area (Å²) in [5.74, 6) is -0.698. The Balaban J connectivity index is 1.76. The Morgan fingerprint density at radius 3 is 2.41 bits per heavy atom. The van der Waals surface area contributed by atoms with Gasteiger partial charge in [-0.25, -0.2) is 4.79 Å². The summed E-state index contributed by atoms with van der Waals surface area (Å²) in [5, 5.41) is -0.412. The topological polar surface area (TPSA) is 72.9 Å². The Labute approximate surface area is 187 Å². The van der Waals surface area contributed by atoms with Crippen molar-refractivity contribution in [3.8, 4) is 5.75 Å². The Kier molecular flexibility index (Phi) is 6.16. The molecule has 2 heterocycles. The average molecular weight is 479 g/mol. The highest BCUT2D eigenvalue weighted by Gasteiger charge is 2.62. The molecule has 1 aromatic carbocycles. The fourth-order valence-corrected chi connectivity index (χ4v) is 4.95. The number of allylic oxidation sites excluding steroid dienone is 1. The molecule has 1 aromatic rings. The molecule has 2 atom stereocenters. The number of ketones is 1. The fourth-order valence-electron chi connectivity index (χ4n) is 3.25. The molecule has 0 unspecified atom stereocenters. The first-order valence-corrected chi connectivity index (χ1v) is 10.6. The molecule has 1 amide bonds. The van der Waals surface area contributed by atoms with Crippen molar-refractivity contribution in [2.45, 2.75) is 33.8 Å². The number of rotatable bonds is 5. The van der Waals surface area contributed by atoms with E-state index in [1.807, 2.05) is 13.8 Å². The summed E-state index contributed by atoms with van der Waals surface area (Å²) in [6, 6.07) is 5.75. The molecule has 29 heavy (non-hydrogen) atoms. The van der Waals surface area contributed by atoms with E-state index in [9.17, 15) is 14.4 Å². The van der Waals surface area contributed by atoms with Crippen molar-refractivity contribution in [3.63, 3.8) is 0 Å². The number of ether oxygens (including phenoxy) is 2. The van der Waals surface area contributed by atoms with Crippen LogP contribution in [0.4, 0.5) is 0 Å². The van der Waals surface area contributed by atoms with Crippen molar-refractivity contribution in [3.05, 3.63) is 41.5 Å². The minimum Gasteiger partial charge on any atom is -0.497 e. The maximum absolute atomic E-state index is 12.7. The summed E-state index contributed by atoms with van der Waals surface area (Å²) in [4.78, 5) is 39.2. The molecular weight excluding hydrogens is 461 g/mol. The number of β-lactam (4-membered cyclic amide) rings is 1. The smallest absolute Gasteiger partial charge is 0.330 e. The van der Waals surface area contributed by atoms with Crippen LogP contribution in [0.2, 0.25) is 0 Å². The van der Waals surface area contributed by atoms with Gasteiger partial charge in [0.15, 0.2) is 5.78 Å². The molecule has 0 spiro atoms. The van der Waals surface area contributed by atoms with Crippen molar-refractivity contribution in [2.24, 2.45) is 0 Å². The first-order chi connectivity index (χ1) is 13.4. The highest BCUT2D eigenvalue weighted by atomic mass is 35.6. The van der Waals surface area contributed by atoms with E-state index in [4.69, 9.17) is 44.3 Å². The van der Waals surface area contributed by atoms with Gasteiger partial charge in [0.2, 0.25) is 3.79 Å². The van der Waals surface area contributed by atoms with Gasteiger partial charge in [-0.3, -0.25) is 9.59 Å². The van der Waals surface area contributed by atoms with Crippen LogP contribution in [-0.2, 0) is 14.3 Å². The molecule has 2 saturated heterocycles. The molecule has 3 rings (SSSR count). The molecule has 156 valence electrons. The zero-order valence-corrected chi connectivity index (χ0v) is 18.9. The number of halogens is 3. The van der Waals surface area contributed by atoms with Crippen LogP contribution < -0.4 is 4.74 Å². The summed E-state index contributed by atoms with van der Waals surface area (Å²) >= 11 is 18.3. The number of benzene rings is 1. The third-order valence-electron chi connectivity index (χ3n) is 4.61. The number of nitrogens with zero attached hydrogens (tertiary/aromatic N) is 1. The summed E-state index contributed by atoms with van der Waals surface area (Å²) in [7, 11) is 1.54. The van der Waals surface area contributed by atoms with Crippen molar-refractivity contribution in [1.29, 1.82) is 0 Å². The zero-order chi connectivity index (χ0) is 21.6. The van der Waals surface area contributed by atoms with E-state index in [1.165, 1.54) is 29.8 Å². The number of methoxy groups -OCH3 is 1. The Morgan fingerprint density at radius 1 is 1.24 bits per heavy atom. The highest BCUT2D eigenvalue weighted by molar-refractivity contribution is 8.01. The molecule has 2 aliphatic heterocycles. The van der Waals surface area contributed by atoms with Gasteiger partial charge >= 0.3 is 5.97 Å². The number of thioether (sulfide) groups is 1. The summed E-state index contributed by atoms with van der Waals surface area (Å²) in [5.41, 5.74) is 0.783. The van der Waals surface area contributed by atoms with Crippen LogP contribution in [0, 0.1) is 0 Å². The van der Waals surface area contributed by atoms with Gasteiger partial charge in [-0.1, -0.05) is 34.8 Å². The third kappa shape index (κ3) is 4.53. The van der Waals surface area contributed by atoms with E-state index in [0.717, 1.165) is 0 Å². The number of carbonyl (C=O) groups is 3. The first kappa shape index (κ1) is 22.3. The van der Waals surface area contributed by atoms with Crippen LogP contribution in [0.1, 0.15) is 24.2 Å². The second-order valence-electron chi connectivity index (χ2n) is 7.10. The largest absolute Gasteiger partial charge is 0.497 e. The molecule has 6 nitrogen and oxygen atoms in total. The SMILES string of the molecule is COc1ccc(C(=O)/C=C2/C(=O)N3[C@@H]2SC(C)(C)[C@@H]3C(=O)OCC(Cl)(Cl)Cl)cc1. The van der Waals surface area contributed by atoms with E-state index in [1.54, 1.807) is 24.3 Å². The van der Waals surface area contributed by atoms with Gasteiger partial charge in [-0.15, -0.1) is 11.8 Å². The maximum Gasteiger partial charge on any atom is 0.330 e. The lowest BCUT2D eigenvalue weighted by Crippen LogP contribution is -2.59. The average Bonchev–Trinajstić information content (AvgIpc) is 2.91. The number of carbonyl (C=O) groups excluding carboxylic acids is 3. The minimum absolute atomic E-state index is 0.295. The maximum atomic E-state index is 12.7. The van der Waals surface area contributed by atoms with Crippen LogP contribution >= 0.6 is 46.6 Å². The molecule has 2 fully saturated rings. The van der Waals surface area contributed by atoms with Crippen molar-refractivity contribution >= 4 is 64.2 Å². The number of hydrogen-bond donors (Lipinski definition) is 0. The Hall–Kier alpha value is -1.41. The quantitative estimate of drug-likeness (QED) is 0.211. The molecule has 0 bridgehead atoms. The highest BCUT2D eigenvalue weighted by Crippen LogP contribution is 2.53. The third-order valence-corrected chi connectivity index (χ3v) is 6.48. The van der Waals surface area contributed by atoms with E-state index in [-0.39, 0.29) is 11.7 Å². The number of esters is 1. The van der Waals surface area contributed by atoms with Gasteiger partial charge in [0.1, 0.15) is 23.8 Å². The Morgan fingerprint density at radius 2 is 1.86 bits per heavy atom. The van der Waals surface area contributed by atoms with Crippen LogP contribution in [0.5, 0.6) is 5.75 Å². The van der Waals surface area contributed by atoms with Gasteiger partial charge < -0.3 is 14.4 Å². The van der Waals surface area contributed by atoms with Crippen LogP contribution in [-0.4, -0.2) is 56.2 Å². The normalized spacial score (nSPS) is 24.1. The van der Waals surface area contributed by atoms with Crippen LogP contribution in [0.3, 0.4) is 0 Å². The van der Waals surface area contributed by atoms with Crippen molar-refractivity contribution < 1.29 is 23.9 Å². The lowest BCUT2D eigenvalue weighted by Gasteiger charge is -2.39. The van der Waals surface area contributed by atoms with E-state index < -0.39 is 32.5 Å². The summed E-state index contributed by atoms with van der Waals surface area (Å²) in [6.07, 6.45) is 1.32. The Bertz CT molecular complexity index is 879. The molecular formula is C19H18Cl3NO5S. The van der Waals surface area contributed by atoms with E-state index in [0.29, 0.717) is 16.9 Å².